The van der Waals surface area contributed by atoms with Crippen LogP contribution in [0.25, 0.3) is 16.8 Å². The molecule has 5 rings (SSSR count). The largest absolute Gasteiger partial charge is 0.472 e. The summed E-state index contributed by atoms with van der Waals surface area (Å²) in [4.78, 5) is 19.1. The molecule has 0 aromatic carbocycles. The van der Waals surface area contributed by atoms with Gasteiger partial charge in [-0.1, -0.05) is 0 Å². The smallest absolute Gasteiger partial charge is 0.410 e. The molecule has 1 amide bonds. The van der Waals surface area contributed by atoms with Crippen molar-refractivity contribution < 1.29 is 14.3 Å². The summed E-state index contributed by atoms with van der Waals surface area (Å²) in [5.41, 5.74) is 2.03. The zero-order valence-corrected chi connectivity index (χ0v) is 20.1. The molecule has 1 saturated carbocycles. The van der Waals surface area contributed by atoms with Crippen molar-refractivity contribution in [2.24, 2.45) is 18.9 Å². The molecule has 0 unspecified atom stereocenters. The number of hydrogen-bond donors (Lipinski definition) is 0. The van der Waals surface area contributed by atoms with Crippen molar-refractivity contribution in [3.63, 3.8) is 0 Å². The van der Waals surface area contributed by atoms with Gasteiger partial charge in [-0.05, 0) is 55.7 Å². The number of aryl methyl sites for hydroxylation is 1. The Morgan fingerprint density at radius 3 is 2.71 bits per heavy atom. The molecule has 3 aromatic heterocycles. The van der Waals surface area contributed by atoms with E-state index in [1.807, 2.05) is 49.6 Å². The lowest BCUT2D eigenvalue weighted by molar-refractivity contribution is 0.0135. The van der Waals surface area contributed by atoms with E-state index in [0.29, 0.717) is 18.3 Å². The van der Waals surface area contributed by atoms with E-state index in [9.17, 15) is 4.79 Å². The quantitative estimate of drug-likeness (QED) is 0.478. The molecule has 1 aliphatic heterocycles. The summed E-state index contributed by atoms with van der Waals surface area (Å²) in [5, 5.41) is 8.70. The minimum Gasteiger partial charge on any atom is -0.472 e. The number of nitrogens with zero attached hydrogens (tertiary/aromatic N) is 6. The van der Waals surface area contributed by atoms with Crippen LogP contribution in [0.3, 0.4) is 0 Å². The fourth-order valence-corrected chi connectivity index (χ4v) is 4.92. The van der Waals surface area contributed by atoms with Crippen LogP contribution in [-0.2, 0) is 11.8 Å². The van der Waals surface area contributed by atoms with E-state index in [-0.39, 0.29) is 18.1 Å². The first-order chi connectivity index (χ1) is 14.7. The highest BCUT2D eigenvalue weighted by molar-refractivity contribution is 14.1. The van der Waals surface area contributed by atoms with Crippen molar-refractivity contribution in [3.05, 3.63) is 28.4 Å². The number of aromatic nitrogens is 5. The lowest BCUT2D eigenvalue weighted by Crippen LogP contribution is -2.44. The molecule has 3 atom stereocenters. The first kappa shape index (κ1) is 20.5. The van der Waals surface area contributed by atoms with Gasteiger partial charge in [0.2, 0.25) is 5.88 Å². The first-order valence-corrected chi connectivity index (χ1v) is 11.4. The lowest BCUT2D eigenvalue weighted by atomic mass is 9.73. The lowest BCUT2D eigenvalue weighted by Gasteiger charge is -2.38. The van der Waals surface area contributed by atoms with Crippen LogP contribution in [0, 0.1) is 15.4 Å². The second-order valence-corrected chi connectivity index (χ2v) is 10.5. The maximum absolute atomic E-state index is 12.5. The van der Waals surface area contributed by atoms with Crippen LogP contribution in [0.2, 0.25) is 0 Å². The molecule has 1 saturated heterocycles. The second-order valence-electron chi connectivity index (χ2n) is 9.32. The van der Waals surface area contributed by atoms with Crippen LogP contribution in [0.5, 0.6) is 5.88 Å². The van der Waals surface area contributed by atoms with Crippen molar-refractivity contribution in [1.29, 1.82) is 0 Å². The summed E-state index contributed by atoms with van der Waals surface area (Å²) < 4.78 is 16.5. The summed E-state index contributed by atoms with van der Waals surface area (Å²) in [6.45, 7) is 7.05. The normalized spacial score (nSPS) is 23.0. The predicted octanol–water partition coefficient (Wildman–Crippen LogP) is 3.37. The van der Waals surface area contributed by atoms with Gasteiger partial charge in [-0.2, -0.15) is 10.2 Å². The molecule has 9 nitrogen and oxygen atoms in total. The second kappa shape index (κ2) is 7.35. The monoisotopic (exact) mass is 536 g/mol. The number of carbonyl (C=O) groups excluding carboxylic acids is 1. The number of carbonyl (C=O) groups is 1. The molecule has 31 heavy (non-hydrogen) atoms. The molecule has 1 aliphatic carbocycles. The Labute approximate surface area is 193 Å². The van der Waals surface area contributed by atoms with Gasteiger partial charge in [-0.15, -0.1) is 0 Å². The van der Waals surface area contributed by atoms with E-state index in [1.54, 1.807) is 17.1 Å². The Morgan fingerprint density at radius 2 is 2.00 bits per heavy atom. The molecule has 10 heteroatoms. The Hall–Kier alpha value is -2.37. The van der Waals surface area contributed by atoms with Gasteiger partial charge >= 0.3 is 6.09 Å². The van der Waals surface area contributed by atoms with Crippen LogP contribution in [-0.4, -0.2) is 60.2 Å². The molecular formula is C21H25IN6O3. The topological polar surface area (TPSA) is 86.8 Å². The average molecular weight is 536 g/mol. The van der Waals surface area contributed by atoms with Crippen LogP contribution >= 0.6 is 22.6 Å². The zero-order chi connectivity index (χ0) is 21.9. The van der Waals surface area contributed by atoms with E-state index in [0.717, 1.165) is 33.3 Å². The molecule has 3 aromatic rings. The molecule has 0 radical (unpaired) electrons. The highest BCUT2D eigenvalue weighted by Crippen LogP contribution is 2.44. The summed E-state index contributed by atoms with van der Waals surface area (Å²) >= 11 is 2.25. The minimum absolute atomic E-state index is 0.0172. The Balaban J connectivity index is 1.37. The highest BCUT2D eigenvalue weighted by Gasteiger charge is 2.50. The van der Waals surface area contributed by atoms with Gasteiger partial charge in [0.05, 0.1) is 27.9 Å². The number of hydrogen-bond acceptors (Lipinski definition) is 6. The SMILES string of the molecule is Cn1cc(-c2cn3ncc(I)c3c(O[C@H]3C[C@H]4CN(C(=O)OC(C)(C)C)C[C@H]43)n2)cn1. The first-order valence-electron chi connectivity index (χ1n) is 10.4. The zero-order valence-electron chi connectivity index (χ0n) is 17.9. The van der Waals surface area contributed by atoms with E-state index in [4.69, 9.17) is 14.5 Å². The summed E-state index contributed by atoms with van der Waals surface area (Å²) in [7, 11) is 1.88. The third-order valence-electron chi connectivity index (χ3n) is 5.84. The van der Waals surface area contributed by atoms with Gasteiger partial charge in [0.15, 0.2) is 0 Å². The van der Waals surface area contributed by atoms with Crippen molar-refractivity contribution in [2.45, 2.75) is 38.9 Å². The number of fused-ring (bicyclic) bond motifs is 2. The van der Waals surface area contributed by atoms with E-state index in [2.05, 4.69) is 32.8 Å². The van der Waals surface area contributed by atoms with Gasteiger partial charge in [0, 0.05) is 37.8 Å². The number of ether oxygens (including phenoxy) is 2. The maximum Gasteiger partial charge on any atom is 0.410 e. The fraction of sp³-hybridized carbons (Fsp3) is 0.524. The maximum atomic E-state index is 12.5. The third-order valence-corrected chi connectivity index (χ3v) is 6.63. The molecular weight excluding hydrogens is 511 g/mol. The number of likely N-dealkylation sites (tertiary alicyclic amines) is 1. The van der Waals surface area contributed by atoms with Crippen LogP contribution in [0.1, 0.15) is 27.2 Å². The number of amides is 1. The van der Waals surface area contributed by atoms with Crippen molar-refractivity contribution >= 4 is 34.2 Å². The highest BCUT2D eigenvalue weighted by atomic mass is 127. The molecule has 0 bridgehead atoms. The van der Waals surface area contributed by atoms with Crippen molar-refractivity contribution in [1.82, 2.24) is 29.3 Å². The standard InChI is InChI=1S/C21H25IN6O3/c1-21(2,3)31-20(29)27-9-12-5-17(14(12)10-27)30-19-18-15(22)7-24-28(18)11-16(25-19)13-6-23-26(4)8-13/h6-8,11-12,14,17H,5,9-10H2,1-4H3/t12-,14+,17-/m0/s1. The Bertz CT molecular complexity index is 1150. The molecule has 164 valence electrons. The summed E-state index contributed by atoms with van der Waals surface area (Å²) in [6.07, 6.45) is 8.07. The number of rotatable bonds is 3. The average Bonchev–Trinajstić information content (AvgIpc) is 3.36. The van der Waals surface area contributed by atoms with E-state index >= 15 is 0 Å². The Kier molecular flexibility index (Phi) is 4.87. The molecule has 0 N–H and O–H groups in total. The molecule has 2 aliphatic rings. The van der Waals surface area contributed by atoms with Crippen LogP contribution < -0.4 is 4.74 Å². The van der Waals surface area contributed by atoms with Gasteiger partial charge in [-0.25, -0.2) is 14.3 Å². The molecule has 2 fully saturated rings. The molecule has 0 spiro atoms. The number of halogens is 1. The van der Waals surface area contributed by atoms with Crippen molar-refractivity contribution in [2.75, 3.05) is 13.1 Å². The van der Waals surface area contributed by atoms with E-state index in [1.165, 1.54) is 0 Å². The Morgan fingerprint density at radius 1 is 1.19 bits per heavy atom. The van der Waals surface area contributed by atoms with Gasteiger partial charge in [-0.3, -0.25) is 4.68 Å². The van der Waals surface area contributed by atoms with Gasteiger partial charge in [0.1, 0.15) is 17.2 Å². The summed E-state index contributed by atoms with van der Waals surface area (Å²) in [6, 6.07) is 0. The third kappa shape index (κ3) is 3.85. The van der Waals surface area contributed by atoms with Gasteiger partial charge < -0.3 is 14.4 Å². The van der Waals surface area contributed by atoms with Crippen LogP contribution in [0.4, 0.5) is 4.79 Å². The molecule has 4 heterocycles. The predicted molar refractivity (Wildman–Crippen MR) is 122 cm³/mol. The van der Waals surface area contributed by atoms with E-state index < -0.39 is 5.60 Å². The fourth-order valence-electron chi connectivity index (χ4n) is 4.32. The van der Waals surface area contributed by atoms with Crippen molar-refractivity contribution in [3.8, 4) is 17.1 Å². The van der Waals surface area contributed by atoms with Gasteiger partial charge in [0.25, 0.3) is 0 Å². The minimum atomic E-state index is -0.490. The summed E-state index contributed by atoms with van der Waals surface area (Å²) in [5.74, 6) is 1.30. The van der Waals surface area contributed by atoms with Crippen LogP contribution in [0.15, 0.2) is 24.8 Å².